The quantitative estimate of drug-likeness (QED) is 0.101. The van der Waals surface area contributed by atoms with E-state index in [-0.39, 0.29) is 0 Å². The van der Waals surface area contributed by atoms with Gasteiger partial charge in [-0.2, -0.15) is 0 Å². The SMILES string of the molecule is c1ccc(-n2c3ccccc3c3cc(-c4ccc5c(c4)c4ccccc4n5-c4ccc(-c5cccc(-c6cccc([Si](c7ccccc7)(c7ccccc7)c7ccccc7)c6)c5)cc4)ccc32)cc1. The molecule has 69 heavy (non-hydrogen) atoms. The molecule has 13 rings (SSSR count). The van der Waals surface area contributed by atoms with Crippen molar-refractivity contribution in [3.05, 3.63) is 279 Å². The van der Waals surface area contributed by atoms with Gasteiger partial charge in [-0.05, 0) is 121 Å². The lowest BCUT2D eigenvalue weighted by Gasteiger charge is -2.34. The van der Waals surface area contributed by atoms with Crippen LogP contribution in [0, 0.1) is 0 Å². The van der Waals surface area contributed by atoms with Crippen LogP contribution < -0.4 is 20.7 Å². The van der Waals surface area contributed by atoms with Gasteiger partial charge in [-0.3, -0.25) is 0 Å². The van der Waals surface area contributed by atoms with Gasteiger partial charge in [-0.1, -0.05) is 212 Å². The van der Waals surface area contributed by atoms with Crippen molar-refractivity contribution in [1.29, 1.82) is 0 Å². The molecule has 0 radical (unpaired) electrons. The third-order valence-corrected chi connectivity index (χ3v) is 19.0. The Kier molecular flexibility index (Phi) is 9.88. The van der Waals surface area contributed by atoms with Gasteiger partial charge >= 0.3 is 0 Å². The second-order valence-corrected chi connectivity index (χ2v) is 21.9. The molecule has 0 spiro atoms. The molecule has 2 nitrogen and oxygen atoms in total. The summed E-state index contributed by atoms with van der Waals surface area (Å²) >= 11 is 0. The summed E-state index contributed by atoms with van der Waals surface area (Å²) in [6.45, 7) is 0. The Morgan fingerprint density at radius 1 is 0.203 bits per heavy atom. The van der Waals surface area contributed by atoms with E-state index in [0.29, 0.717) is 0 Å². The molecule has 11 aromatic carbocycles. The van der Waals surface area contributed by atoms with E-state index in [1.807, 2.05) is 0 Å². The van der Waals surface area contributed by atoms with Gasteiger partial charge in [0, 0.05) is 32.9 Å². The Balaban J connectivity index is 0.860. The van der Waals surface area contributed by atoms with Gasteiger partial charge in [0.1, 0.15) is 0 Å². The molecule has 13 aromatic rings. The lowest BCUT2D eigenvalue weighted by molar-refractivity contribution is 1.18. The molecule has 0 unspecified atom stereocenters. The molecular formula is C66H46N2Si. The zero-order valence-electron chi connectivity index (χ0n) is 38.0. The van der Waals surface area contributed by atoms with Crippen LogP contribution >= 0.6 is 0 Å². The standard InChI is InChI=1S/C66H46N2Si/c1-5-22-53(23-6-1)67-63-33-15-13-31-59(63)61-45-51(37-41-65(61)67)52-38-42-66-62(46-52)60-32-14-16-34-64(60)68(66)54-39-35-47(36-40-54)48-19-17-20-49(43-48)50-21-18-30-58(44-50)69(55-24-7-2-8-25-55,56-26-9-3-10-27-56)57-28-11-4-12-29-57/h1-46H. The third-order valence-electron chi connectivity index (χ3n) is 14.3. The van der Waals surface area contributed by atoms with Crippen LogP contribution in [-0.4, -0.2) is 17.2 Å². The van der Waals surface area contributed by atoms with Crippen LogP contribution in [0.4, 0.5) is 0 Å². The minimum Gasteiger partial charge on any atom is -0.309 e. The number of benzene rings is 11. The molecule has 324 valence electrons. The molecule has 0 amide bonds. The monoisotopic (exact) mass is 894 g/mol. The molecule has 0 saturated carbocycles. The molecule has 0 bridgehead atoms. The minimum absolute atomic E-state index is 1.14. The fourth-order valence-electron chi connectivity index (χ4n) is 11.1. The molecule has 2 aromatic heterocycles. The first-order chi connectivity index (χ1) is 34.2. The van der Waals surface area contributed by atoms with Gasteiger partial charge in [0.05, 0.1) is 22.1 Å². The highest BCUT2D eigenvalue weighted by Crippen LogP contribution is 2.39. The Morgan fingerprint density at radius 2 is 0.551 bits per heavy atom. The second kappa shape index (κ2) is 16.8. The van der Waals surface area contributed by atoms with Crippen molar-refractivity contribution in [3.63, 3.8) is 0 Å². The van der Waals surface area contributed by atoms with Crippen LogP contribution in [0.3, 0.4) is 0 Å². The lowest BCUT2D eigenvalue weighted by atomic mass is 9.99. The van der Waals surface area contributed by atoms with E-state index in [1.54, 1.807) is 0 Å². The van der Waals surface area contributed by atoms with E-state index < -0.39 is 8.07 Å². The van der Waals surface area contributed by atoms with E-state index in [1.165, 1.54) is 103 Å². The molecule has 0 fully saturated rings. The first-order valence-corrected chi connectivity index (χ1v) is 25.8. The van der Waals surface area contributed by atoms with Crippen LogP contribution in [0.2, 0.25) is 0 Å². The van der Waals surface area contributed by atoms with E-state index in [0.717, 1.165) is 5.69 Å². The number of para-hydroxylation sites is 3. The van der Waals surface area contributed by atoms with Gasteiger partial charge in [0.15, 0.2) is 8.07 Å². The summed E-state index contributed by atoms with van der Waals surface area (Å²) in [6.07, 6.45) is 0. The summed E-state index contributed by atoms with van der Waals surface area (Å²) in [5.41, 5.74) is 14.3. The third kappa shape index (κ3) is 6.78. The van der Waals surface area contributed by atoms with Gasteiger partial charge in [-0.25, -0.2) is 0 Å². The maximum atomic E-state index is 2.46. The zero-order chi connectivity index (χ0) is 45.7. The van der Waals surface area contributed by atoms with E-state index in [4.69, 9.17) is 0 Å². The van der Waals surface area contributed by atoms with Crippen molar-refractivity contribution in [2.24, 2.45) is 0 Å². The Labute approximate surface area is 403 Å². The number of aromatic nitrogens is 2. The molecule has 2 heterocycles. The van der Waals surface area contributed by atoms with Gasteiger partial charge in [0.25, 0.3) is 0 Å². The summed E-state index contributed by atoms with van der Waals surface area (Å²) in [6, 6.07) is 103. The van der Waals surface area contributed by atoms with Gasteiger partial charge in [-0.15, -0.1) is 0 Å². The second-order valence-electron chi connectivity index (χ2n) is 18.1. The van der Waals surface area contributed by atoms with Crippen LogP contribution in [-0.2, 0) is 0 Å². The predicted octanol–water partition coefficient (Wildman–Crippen LogP) is 14.3. The summed E-state index contributed by atoms with van der Waals surface area (Å²) in [5.74, 6) is 0. The summed E-state index contributed by atoms with van der Waals surface area (Å²) in [5, 5.41) is 10.5. The number of rotatable bonds is 9. The fourth-order valence-corrected chi connectivity index (χ4v) is 15.9. The van der Waals surface area contributed by atoms with Crippen molar-refractivity contribution in [2.75, 3.05) is 0 Å². The van der Waals surface area contributed by atoms with Gasteiger partial charge in [0.2, 0.25) is 0 Å². The van der Waals surface area contributed by atoms with Crippen molar-refractivity contribution < 1.29 is 0 Å². The molecule has 0 aliphatic heterocycles. The normalized spacial score (nSPS) is 11.8. The van der Waals surface area contributed by atoms with Crippen molar-refractivity contribution >= 4 is 72.4 Å². The van der Waals surface area contributed by atoms with Crippen LogP contribution in [0.25, 0.3) is 88.4 Å². The maximum Gasteiger partial charge on any atom is 0.179 e. The molecule has 0 atom stereocenters. The Hall–Kier alpha value is -8.76. The first kappa shape index (κ1) is 40.5. The molecule has 0 N–H and O–H groups in total. The van der Waals surface area contributed by atoms with E-state index >= 15 is 0 Å². The largest absolute Gasteiger partial charge is 0.309 e. The fraction of sp³-hybridized carbons (Fsp3) is 0. The smallest absolute Gasteiger partial charge is 0.179 e. The summed E-state index contributed by atoms with van der Waals surface area (Å²) in [7, 11) is -2.67. The highest BCUT2D eigenvalue weighted by molar-refractivity contribution is 7.19. The zero-order valence-corrected chi connectivity index (χ0v) is 39.0. The maximum absolute atomic E-state index is 2.67. The average Bonchev–Trinajstić information content (AvgIpc) is 3.95. The number of fused-ring (bicyclic) bond motifs is 6. The molecule has 3 heteroatoms. The van der Waals surface area contributed by atoms with Crippen molar-refractivity contribution in [2.45, 2.75) is 0 Å². The first-order valence-electron chi connectivity index (χ1n) is 23.8. The predicted molar refractivity (Wildman–Crippen MR) is 295 cm³/mol. The molecular weight excluding hydrogens is 849 g/mol. The number of hydrogen-bond donors (Lipinski definition) is 0. The topological polar surface area (TPSA) is 9.86 Å². The number of hydrogen-bond acceptors (Lipinski definition) is 0. The van der Waals surface area contributed by atoms with Crippen LogP contribution in [0.1, 0.15) is 0 Å². The van der Waals surface area contributed by atoms with Gasteiger partial charge < -0.3 is 9.13 Å². The van der Waals surface area contributed by atoms with Crippen molar-refractivity contribution in [3.8, 4) is 44.8 Å². The van der Waals surface area contributed by atoms with E-state index in [2.05, 4.69) is 288 Å². The molecule has 0 aliphatic rings. The van der Waals surface area contributed by atoms with E-state index in [9.17, 15) is 0 Å². The molecule has 0 saturated heterocycles. The molecule has 0 aliphatic carbocycles. The average molecular weight is 895 g/mol. The number of nitrogens with zero attached hydrogens (tertiary/aromatic N) is 2. The lowest BCUT2D eigenvalue weighted by Crippen LogP contribution is -2.74. The summed E-state index contributed by atoms with van der Waals surface area (Å²) in [4.78, 5) is 0. The van der Waals surface area contributed by atoms with Crippen LogP contribution in [0.5, 0.6) is 0 Å². The van der Waals surface area contributed by atoms with Crippen LogP contribution in [0.15, 0.2) is 279 Å². The highest BCUT2D eigenvalue weighted by Gasteiger charge is 2.41. The minimum atomic E-state index is -2.67. The summed E-state index contributed by atoms with van der Waals surface area (Å²) < 4.78 is 4.79. The Morgan fingerprint density at radius 3 is 1.06 bits per heavy atom. The van der Waals surface area contributed by atoms with Crippen molar-refractivity contribution in [1.82, 2.24) is 9.13 Å². The highest BCUT2D eigenvalue weighted by atomic mass is 28.3. The Bertz CT molecular complexity index is 3890.